The maximum absolute atomic E-state index is 12.5. The summed E-state index contributed by atoms with van der Waals surface area (Å²) in [6, 6.07) is 3.54. The molecule has 0 aromatic carbocycles. The van der Waals surface area contributed by atoms with Gasteiger partial charge >= 0.3 is 0 Å². The first-order chi connectivity index (χ1) is 8.69. The summed E-state index contributed by atoms with van der Waals surface area (Å²) in [6.07, 6.45) is 3.12. The second-order valence-electron chi connectivity index (χ2n) is 3.54. The molecule has 0 aliphatic carbocycles. The van der Waals surface area contributed by atoms with E-state index in [2.05, 4.69) is 26.0 Å². The Morgan fingerprint density at radius 3 is 2.94 bits per heavy atom. The van der Waals surface area contributed by atoms with Crippen LogP contribution >= 0.6 is 15.9 Å². The Bertz CT molecular complexity index is 559. The van der Waals surface area contributed by atoms with Crippen LogP contribution in [-0.4, -0.2) is 27.7 Å². The fourth-order valence-corrected chi connectivity index (χ4v) is 2.09. The van der Waals surface area contributed by atoms with Crippen LogP contribution in [0.3, 0.4) is 0 Å². The zero-order chi connectivity index (χ0) is 13.1. The third-order valence-electron chi connectivity index (χ3n) is 2.51. The Hall–Kier alpha value is -1.69. The van der Waals surface area contributed by atoms with Gasteiger partial charge in [-0.05, 0) is 35.0 Å². The summed E-state index contributed by atoms with van der Waals surface area (Å²) >= 11 is 3.32. The van der Waals surface area contributed by atoms with Gasteiger partial charge in [0.05, 0.1) is 13.3 Å². The van der Waals surface area contributed by atoms with Crippen LogP contribution in [0.1, 0.15) is 23.1 Å². The van der Waals surface area contributed by atoms with Gasteiger partial charge in [0.2, 0.25) is 5.78 Å². The lowest BCUT2D eigenvalue weighted by molar-refractivity contribution is 0.102. The fraction of sp³-hybridized carbons (Fsp3) is 0.250. The molecule has 0 radical (unpaired) electrons. The smallest absolute Gasteiger partial charge is 0.234 e. The average Bonchev–Trinajstić information content (AvgIpc) is 2.81. The number of rotatable bonds is 4. The number of pyridine rings is 1. The van der Waals surface area contributed by atoms with Crippen LogP contribution in [0.15, 0.2) is 29.0 Å². The molecule has 6 heteroatoms. The number of aromatic nitrogens is 3. The van der Waals surface area contributed by atoms with Crippen molar-refractivity contribution in [2.45, 2.75) is 13.5 Å². The molecule has 0 unspecified atom stereocenters. The molecule has 94 valence electrons. The molecular formula is C12H12BrN3O2. The van der Waals surface area contributed by atoms with Crippen molar-refractivity contribution in [3.8, 4) is 5.75 Å². The van der Waals surface area contributed by atoms with E-state index in [0.717, 1.165) is 0 Å². The SMILES string of the molecule is CCn1ncc(OC)c1C(=O)c1ncccc1Br. The van der Waals surface area contributed by atoms with Gasteiger partial charge in [0.15, 0.2) is 11.4 Å². The Morgan fingerprint density at radius 1 is 1.56 bits per heavy atom. The van der Waals surface area contributed by atoms with E-state index in [4.69, 9.17) is 4.74 Å². The molecule has 2 aromatic heterocycles. The van der Waals surface area contributed by atoms with E-state index in [9.17, 15) is 4.79 Å². The second kappa shape index (κ2) is 5.30. The van der Waals surface area contributed by atoms with Crippen molar-refractivity contribution in [1.29, 1.82) is 0 Å². The molecule has 0 fully saturated rings. The van der Waals surface area contributed by atoms with Crippen LogP contribution in [-0.2, 0) is 6.54 Å². The van der Waals surface area contributed by atoms with Crippen molar-refractivity contribution >= 4 is 21.7 Å². The van der Waals surface area contributed by atoms with Crippen molar-refractivity contribution in [2.75, 3.05) is 7.11 Å². The van der Waals surface area contributed by atoms with Crippen LogP contribution in [0.5, 0.6) is 5.75 Å². The maximum Gasteiger partial charge on any atom is 0.234 e. The molecular weight excluding hydrogens is 298 g/mol. The molecule has 0 saturated heterocycles. The summed E-state index contributed by atoms with van der Waals surface area (Å²) in [5.41, 5.74) is 0.769. The summed E-state index contributed by atoms with van der Waals surface area (Å²) in [7, 11) is 1.52. The maximum atomic E-state index is 12.5. The summed E-state index contributed by atoms with van der Waals surface area (Å²) in [6.45, 7) is 2.51. The summed E-state index contributed by atoms with van der Waals surface area (Å²) < 4.78 is 7.42. The lowest BCUT2D eigenvalue weighted by atomic mass is 10.2. The molecule has 0 amide bonds. The van der Waals surface area contributed by atoms with Gasteiger partial charge < -0.3 is 4.74 Å². The number of carbonyl (C=O) groups is 1. The molecule has 0 saturated carbocycles. The van der Waals surface area contributed by atoms with Gasteiger partial charge in [-0.1, -0.05) is 0 Å². The molecule has 0 aliphatic heterocycles. The molecule has 0 N–H and O–H groups in total. The summed E-state index contributed by atoms with van der Waals surface area (Å²) in [5.74, 6) is 0.248. The highest BCUT2D eigenvalue weighted by molar-refractivity contribution is 9.10. The van der Waals surface area contributed by atoms with E-state index in [1.54, 1.807) is 23.0 Å². The number of ketones is 1. The fourth-order valence-electron chi connectivity index (χ4n) is 1.65. The Labute approximate surface area is 113 Å². The lowest BCUT2D eigenvalue weighted by Crippen LogP contribution is -2.13. The Kier molecular flexibility index (Phi) is 3.76. The van der Waals surface area contributed by atoms with E-state index in [1.807, 2.05) is 6.92 Å². The topological polar surface area (TPSA) is 57.0 Å². The third-order valence-corrected chi connectivity index (χ3v) is 3.15. The summed E-state index contributed by atoms with van der Waals surface area (Å²) in [5, 5.41) is 4.11. The number of hydrogen-bond donors (Lipinski definition) is 0. The van der Waals surface area contributed by atoms with Gasteiger partial charge in [0, 0.05) is 17.2 Å². The van der Waals surface area contributed by atoms with E-state index < -0.39 is 0 Å². The predicted octanol–water partition coefficient (Wildman–Crippen LogP) is 2.30. The largest absolute Gasteiger partial charge is 0.493 e. The number of ether oxygens (including phenoxy) is 1. The molecule has 5 nitrogen and oxygen atoms in total. The second-order valence-corrected chi connectivity index (χ2v) is 4.39. The first-order valence-corrected chi connectivity index (χ1v) is 6.23. The van der Waals surface area contributed by atoms with Gasteiger partial charge in [0.25, 0.3) is 0 Å². The van der Waals surface area contributed by atoms with Crippen molar-refractivity contribution in [3.63, 3.8) is 0 Å². The van der Waals surface area contributed by atoms with Crippen LogP contribution < -0.4 is 4.74 Å². The first-order valence-electron chi connectivity index (χ1n) is 5.44. The minimum absolute atomic E-state index is 0.210. The molecule has 0 atom stereocenters. The zero-order valence-electron chi connectivity index (χ0n) is 10.1. The van der Waals surface area contributed by atoms with E-state index >= 15 is 0 Å². The predicted molar refractivity (Wildman–Crippen MR) is 69.8 cm³/mol. The average molecular weight is 310 g/mol. The van der Waals surface area contributed by atoms with E-state index in [1.165, 1.54) is 13.3 Å². The van der Waals surface area contributed by atoms with E-state index in [-0.39, 0.29) is 5.78 Å². The molecule has 0 aliphatic rings. The lowest BCUT2D eigenvalue weighted by Gasteiger charge is -2.06. The number of aryl methyl sites for hydroxylation is 1. The van der Waals surface area contributed by atoms with Crippen LogP contribution in [0.4, 0.5) is 0 Å². The van der Waals surface area contributed by atoms with E-state index in [0.29, 0.717) is 28.2 Å². The van der Waals surface area contributed by atoms with Crippen molar-refractivity contribution in [3.05, 3.63) is 40.4 Å². The normalized spacial score (nSPS) is 10.4. The minimum Gasteiger partial charge on any atom is -0.493 e. The molecule has 0 spiro atoms. The number of halogens is 1. The van der Waals surface area contributed by atoms with Crippen LogP contribution in [0, 0.1) is 0 Å². The first kappa shape index (κ1) is 12.8. The molecule has 18 heavy (non-hydrogen) atoms. The Balaban J connectivity index is 2.52. The zero-order valence-corrected chi connectivity index (χ0v) is 11.6. The van der Waals surface area contributed by atoms with Crippen LogP contribution in [0.2, 0.25) is 0 Å². The summed E-state index contributed by atoms with van der Waals surface area (Å²) in [4.78, 5) is 16.5. The van der Waals surface area contributed by atoms with Crippen molar-refractivity contribution in [2.24, 2.45) is 0 Å². The highest BCUT2D eigenvalue weighted by atomic mass is 79.9. The molecule has 0 bridgehead atoms. The number of hydrogen-bond acceptors (Lipinski definition) is 4. The standard InChI is InChI=1S/C12H12BrN3O2/c1-3-16-11(9(18-2)7-15-16)12(17)10-8(13)5-4-6-14-10/h4-7H,3H2,1-2H3. The molecule has 2 heterocycles. The van der Waals surface area contributed by atoms with Crippen molar-refractivity contribution < 1.29 is 9.53 Å². The van der Waals surface area contributed by atoms with Crippen LogP contribution in [0.25, 0.3) is 0 Å². The van der Waals surface area contributed by atoms with Gasteiger partial charge in [-0.15, -0.1) is 0 Å². The number of methoxy groups -OCH3 is 1. The molecule has 2 aromatic rings. The van der Waals surface area contributed by atoms with Gasteiger partial charge in [-0.2, -0.15) is 5.10 Å². The number of nitrogens with zero attached hydrogens (tertiary/aromatic N) is 3. The minimum atomic E-state index is -0.210. The van der Waals surface area contributed by atoms with Gasteiger partial charge in [0.1, 0.15) is 5.69 Å². The highest BCUT2D eigenvalue weighted by Gasteiger charge is 2.22. The van der Waals surface area contributed by atoms with Gasteiger partial charge in [-0.3, -0.25) is 14.5 Å². The van der Waals surface area contributed by atoms with Gasteiger partial charge in [-0.25, -0.2) is 0 Å². The van der Waals surface area contributed by atoms with Crippen molar-refractivity contribution in [1.82, 2.24) is 14.8 Å². The highest BCUT2D eigenvalue weighted by Crippen LogP contribution is 2.23. The number of carbonyl (C=O) groups excluding carboxylic acids is 1. The molecule has 2 rings (SSSR count). The monoisotopic (exact) mass is 309 g/mol. The quantitative estimate of drug-likeness (QED) is 0.813. The Morgan fingerprint density at radius 2 is 2.33 bits per heavy atom. The third kappa shape index (κ3) is 2.15.